The number of unbranched alkanes of at least 4 members (excludes halogenated alkanes) is 6. The summed E-state index contributed by atoms with van der Waals surface area (Å²) >= 11 is 0. The van der Waals surface area contributed by atoms with Crippen molar-refractivity contribution in [3.05, 3.63) is 24.3 Å². The fourth-order valence-corrected chi connectivity index (χ4v) is 2.47. The Hall–Kier alpha value is -1.09. The van der Waals surface area contributed by atoms with E-state index in [0.717, 1.165) is 38.5 Å². The van der Waals surface area contributed by atoms with Gasteiger partial charge in [-0.05, 0) is 38.5 Å². The highest BCUT2D eigenvalue weighted by Gasteiger charge is 2.02. The summed E-state index contributed by atoms with van der Waals surface area (Å²) in [6, 6.07) is 0. The van der Waals surface area contributed by atoms with Gasteiger partial charge in [0.25, 0.3) is 0 Å². The average molecular weight is 325 g/mol. The summed E-state index contributed by atoms with van der Waals surface area (Å²) in [5.74, 6) is -0.724. The molecular formula is C20H36O3. The van der Waals surface area contributed by atoms with Crippen molar-refractivity contribution in [2.24, 2.45) is 0 Å². The molecule has 0 aromatic heterocycles. The summed E-state index contributed by atoms with van der Waals surface area (Å²) in [6.45, 7) is 2.23. The number of rotatable bonds is 16. The van der Waals surface area contributed by atoms with E-state index in [1.54, 1.807) is 0 Å². The van der Waals surface area contributed by atoms with E-state index in [1.165, 1.54) is 32.1 Å². The Morgan fingerprint density at radius 2 is 1.52 bits per heavy atom. The molecule has 0 bridgehead atoms. The minimum atomic E-state index is -0.724. The second kappa shape index (κ2) is 17.3. The van der Waals surface area contributed by atoms with Crippen LogP contribution >= 0.6 is 0 Å². The molecule has 0 saturated carbocycles. The van der Waals surface area contributed by atoms with Crippen LogP contribution in [-0.4, -0.2) is 22.3 Å². The Balaban J connectivity index is 3.37. The molecule has 0 aliphatic heterocycles. The zero-order valence-corrected chi connectivity index (χ0v) is 14.9. The van der Waals surface area contributed by atoms with Crippen LogP contribution in [0.3, 0.4) is 0 Å². The molecule has 2 N–H and O–H groups in total. The molecule has 0 amide bonds. The number of aliphatic carboxylic acids is 1. The molecule has 0 aromatic carbocycles. The van der Waals surface area contributed by atoms with Crippen LogP contribution in [0.5, 0.6) is 0 Å². The summed E-state index contributed by atoms with van der Waals surface area (Å²) in [5, 5.41) is 18.4. The van der Waals surface area contributed by atoms with E-state index in [4.69, 9.17) is 5.11 Å². The van der Waals surface area contributed by atoms with Gasteiger partial charge < -0.3 is 10.2 Å². The topological polar surface area (TPSA) is 57.5 Å². The first-order valence-corrected chi connectivity index (χ1v) is 9.36. The first-order chi connectivity index (χ1) is 11.2. The lowest BCUT2D eigenvalue weighted by molar-refractivity contribution is -0.137. The van der Waals surface area contributed by atoms with Gasteiger partial charge in [-0.2, -0.15) is 0 Å². The van der Waals surface area contributed by atoms with Crippen LogP contribution in [0.4, 0.5) is 0 Å². The lowest BCUT2D eigenvalue weighted by Gasteiger charge is -2.08. The van der Waals surface area contributed by atoms with Crippen LogP contribution in [0.25, 0.3) is 0 Å². The molecule has 1 atom stereocenters. The van der Waals surface area contributed by atoms with Gasteiger partial charge in [-0.1, -0.05) is 69.8 Å². The third kappa shape index (κ3) is 18.9. The van der Waals surface area contributed by atoms with Gasteiger partial charge in [-0.15, -0.1) is 0 Å². The first-order valence-electron chi connectivity index (χ1n) is 9.36. The molecule has 0 heterocycles. The molecule has 0 aromatic rings. The minimum Gasteiger partial charge on any atom is -0.481 e. The standard InChI is InChI=1S/C20H36O3/c1-2-3-4-5-10-13-16-19(21)17-14-11-8-6-7-9-12-15-18-20(22)23/h7-9,11,19,21H,2-6,10,12-18H2,1H3,(H,22,23)/t19-/m1/s1. The van der Waals surface area contributed by atoms with Crippen LogP contribution in [0.2, 0.25) is 0 Å². The maximum Gasteiger partial charge on any atom is 0.303 e. The van der Waals surface area contributed by atoms with Gasteiger partial charge in [0.05, 0.1) is 6.10 Å². The summed E-state index contributed by atoms with van der Waals surface area (Å²) in [5.41, 5.74) is 0. The minimum absolute atomic E-state index is 0.155. The molecule has 0 aliphatic carbocycles. The molecule has 23 heavy (non-hydrogen) atoms. The van der Waals surface area contributed by atoms with E-state index in [2.05, 4.69) is 25.2 Å². The van der Waals surface area contributed by atoms with Crippen molar-refractivity contribution in [1.29, 1.82) is 0 Å². The molecule has 3 nitrogen and oxygen atoms in total. The van der Waals surface area contributed by atoms with Gasteiger partial charge >= 0.3 is 5.97 Å². The number of aliphatic hydroxyl groups is 1. The van der Waals surface area contributed by atoms with E-state index in [9.17, 15) is 9.90 Å². The second-order valence-electron chi connectivity index (χ2n) is 6.25. The van der Waals surface area contributed by atoms with Crippen molar-refractivity contribution >= 4 is 5.97 Å². The quantitative estimate of drug-likeness (QED) is 0.285. The van der Waals surface area contributed by atoms with Crippen molar-refractivity contribution in [3.63, 3.8) is 0 Å². The number of allylic oxidation sites excluding steroid dienone is 4. The van der Waals surface area contributed by atoms with E-state index in [0.29, 0.717) is 6.42 Å². The second-order valence-corrected chi connectivity index (χ2v) is 6.25. The molecule has 0 aliphatic rings. The predicted octanol–water partition coefficient (Wildman–Crippen LogP) is 5.64. The Morgan fingerprint density at radius 1 is 0.870 bits per heavy atom. The van der Waals surface area contributed by atoms with Crippen molar-refractivity contribution < 1.29 is 15.0 Å². The van der Waals surface area contributed by atoms with Crippen LogP contribution in [0.15, 0.2) is 24.3 Å². The van der Waals surface area contributed by atoms with Crippen molar-refractivity contribution in [3.8, 4) is 0 Å². The number of carboxylic acids is 1. The third-order valence-electron chi connectivity index (χ3n) is 3.92. The highest BCUT2D eigenvalue weighted by atomic mass is 16.4. The zero-order chi connectivity index (χ0) is 17.2. The monoisotopic (exact) mass is 324 g/mol. The molecule has 0 radical (unpaired) electrons. The number of hydrogen-bond acceptors (Lipinski definition) is 2. The number of carboxylic acid groups (broad SMARTS) is 1. The fourth-order valence-electron chi connectivity index (χ4n) is 2.47. The van der Waals surface area contributed by atoms with E-state index >= 15 is 0 Å². The predicted molar refractivity (Wildman–Crippen MR) is 97.6 cm³/mol. The molecule has 0 spiro atoms. The molecule has 3 heteroatoms. The van der Waals surface area contributed by atoms with Crippen LogP contribution < -0.4 is 0 Å². The van der Waals surface area contributed by atoms with Gasteiger partial charge in [0, 0.05) is 6.42 Å². The number of aliphatic hydroxyl groups excluding tert-OH is 1. The SMILES string of the molecule is CCCCCCCC[C@@H](O)CCC=CCC=CCCCC(=O)O. The summed E-state index contributed by atoms with van der Waals surface area (Å²) in [6.07, 6.45) is 21.3. The number of carbonyl (C=O) groups is 1. The largest absolute Gasteiger partial charge is 0.481 e. The van der Waals surface area contributed by atoms with Crippen LogP contribution in [-0.2, 0) is 4.79 Å². The van der Waals surface area contributed by atoms with Crippen LogP contribution in [0.1, 0.15) is 90.4 Å². The van der Waals surface area contributed by atoms with Gasteiger partial charge in [0.2, 0.25) is 0 Å². The highest BCUT2D eigenvalue weighted by molar-refractivity contribution is 5.66. The average Bonchev–Trinajstić information content (AvgIpc) is 2.52. The third-order valence-corrected chi connectivity index (χ3v) is 3.92. The van der Waals surface area contributed by atoms with Gasteiger partial charge in [0.15, 0.2) is 0 Å². The maximum absolute atomic E-state index is 10.3. The fraction of sp³-hybridized carbons (Fsp3) is 0.750. The maximum atomic E-state index is 10.3. The van der Waals surface area contributed by atoms with Gasteiger partial charge in [-0.3, -0.25) is 4.79 Å². The lowest BCUT2D eigenvalue weighted by Crippen LogP contribution is -2.05. The van der Waals surface area contributed by atoms with Crippen LogP contribution in [0, 0.1) is 0 Å². The molecule has 134 valence electrons. The Morgan fingerprint density at radius 3 is 2.22 bits per heavy atom. The number of hydrogen-bond donors (Lipinski definition) is 2. The lowest BCUT2D eigenvalue weighted by atomic mass is 10.0. The summed E-state index contributed by atoms with van der Waals surface area (Å²) < 4.78 is 0. The van der Waals surface area contributed by atoms with Crippen molar-refractivity contribution in [2.75, 3.05) is 0 Å². The summed E-state index contributed by atoms with van der Waals surface area (Å²) in [7, 11) is 0. The van der Waals surface area contributed by atoms with Crippen molar-refractivity contribution in [1.82, 2.24) is 0 Å². The smallest absolute Gasteiger partial charge is 0.303 e. The van der Waals surface area contributed by atoms with E-state index < -0.39 is 5.97 Å². The van der Waals surface area contributed by atoms with E-state index in [1.807, 2.05) is 6.08 Å². The van der Waals surface area contributed by atoms with Crippen molar-refractivity contribution in [2.45, 2.75) is 96.5 Å². The Kier molecular flexibility index (Phi) is 16.4. The zero-order valence-electron chi connectivity index (χ0n) is 14.9. The molecule has 0 saturated heterocycles. The molecular weight excluding hydrogens is 288 g/mol. The normalized spacial score (nSPS) is 13.1. The molecule has 0 fully saturated rings. The molecule has 0 unspecified atom stereocenters. The van der Waals surface area contributed by atoms with Gasteiger partial charge in [0.1, 0.15) is 0 Å². The summed E-state index contributed by atoms with van der Waals surface area (Å²) in [4.78, 5) is 10.3. The Bertz CT molecular complexity index is 321. The Labute approximate surface area is 142 Å². The first kappa shape index (κ1) is 21.9. The van der Waals surface area contributed by atoms with Gasteiger partial charge in [-0.25, -0.2) is 0 Å². The molecule has 0 rings (SSSR count). The highest BCUT2D eigenvalue weighted by Crippen LogP contribution is 2.11. The van der Waals surface area contributed by atoms with E-state index in [-0.39, 0.29) is 12.5 Å².